The minimum atomic E-state index is -1.10. The number of halogens is 1. The second kappa shape index (κ2) is 7.14. The zero-order valence-corrected chi connectivity index (χ0v) is 13.6. The maximum atomic E-state index is 10.8. The van der Waals surface area contributed by atoms with Crippen molar-refractivity contribution in [1.82, 2.24) is 15.1 Å². The second-order valence-corrected chi connectivity index (χ2v) is 5.47. The number of aromatic nitrogens is 3. The molecule has 0 atom stereocenters. The lowest BCUT2D eigenvalue weighted by molar-refractivity contribution is -0.132. The number of carbonyl (C=O) groups is 1. The van der Waals surface area contributed by atoms with E-state index in [1.165, 1.54) is 6.20 Å². The smallest absolute Gasteiger partial charge is 0.331 e. The molecule has 25 heavy (non-hydrogen) atoms. The van der Waals surface area contributed by atoms with Crippen LogP contribution in [-0.4, -0.2) is 26.2 Å². The van der Waals surface area contributed by atoms with Gasteiger partial charge in [-0.25, -0.2) is 9.78 Å². The minimum Gasteiger partial charge on any atom is -0.478 e. The van der Waals surface area contributed by atoms with Gasteiger partial charge in [0.15, 0.2) is 0 Å². The van der Waals surface area contributed by atoms with Crippen molar-refractivity contribution in [3.05, 3.63) is 65.7 Å². The predicted molar refractivity (Wildman–Crippen MR) is 89.5 cm³/mol. The van der Waals surface area contributed by atoms with Gasteiger partial charge in [0.25, 0.3) is 0 Å². The van der Waals surface area contributed by atoms with Gasteiger partial charge in [0, 0.05) is 23.4 Å². The third kappa shape index (κ3) is 4.21. The molecule has 0 aliphatic heterocycles. The van der Waals surface area contributed by atoms with Gasteiger partial charge < -0.3 is 14.4 Å². The van der Waals surface area contributed by atoms with Crippen LogP contribution in [0, 0.1) is 0 Å². The van der Waals surface area contributed by atoms with E-state index in [1.807, 2.05) is 0 Å². The number of benzene rings is 1. The molecule has 0 bridgehead atoms. The predicted octanol–water partition coefficient (Wildman–Crippen LogP) is 3.76. The standard InChI is InChI=1S/C17H12ClN3O4/c1-10(17(22)23)8-15-20-16(21-25-15)11-2-5-13(6-3-11)24-14-7-4-12(18)9-19-14/h2-7,9H,1,8H2,(H,22,23). The van der Waals surface area contributed by atoms with E-state index in [0.717, 1.165) is 0 Å². The van der Waals surface area contributed by atoms with E-state index < -0.39 is 5.97 Å². The first-order valence-electron chi connectivity index (χ1n) is 7.15. The molecule has 2 aromatic heterocycles. The van der Waals surface area contributed by atoms with Crippen molar-refractivity contribution >= 4 is 17.6 Å². The molecule has 2 heterocycles. The second-order valence-electron chi connectivity index (χ2n) is 5.04. The molecular formula is C17H12ClN3O4. The van der Waals surface area contributed by atoms with Crippen molar-refractivity contribution in [2.75, 3.05) is 0 Å². The van der Waals surface area contributed by atoms with Crippen LogP contribution in [0.25, 0.3) is 11.4 Å². The highest BCUT2D eigenvalue weighted by molar-refractivity contribution is 6.30. The van der Waals surface area contributed by atoms with E-state index in [0.29, 0.717) is 28.0 Å². The van der Waals surface area contributed by atoms with Gasteiger partial charge in [-0.1, -0.05) is 23.3 Å². The van der Waals surface area contributed by atoms with Gasteiger partial charge in [0.05, 0.1) is 11.4 Å². The number of nitrogens with zero attached hydrogens (tertiary/aromatic N) is 3. The van der Waals surface area contributed by atoms with Crippen LogP contribution in [0.1, 0.15) is 5.89 Å². The van der Waals surface area contributed by atoms with Gasteiger partial charge in [-0.05, 0) is 30.3 Å². The van der Waals surface area contributed by atoms with E-state index in [2.05, 4.69) is 21.7 Å². The van der Waals surface area contributed by atoms with Gasteiger partial charge >= 0.3 is 5.97 Å². The molecule has 0 radical (unpaired) electrons. The molecule has 0 saturated carbocycles. The molecule has 0 aliphatic rings. The van der Waals surface area contributed by atoms with Crippen LogP contribution in [0.3, 0.4) is 0 Å². The average Bonchev–Trinajstić information content (AvgIpc) is 3.06. The fourth-order valence-electron chi connectivity index (χ4n) is 1.92. The summed E-state index contributed by atoms with van der Waals surface area (Å²) in [5.74, 6) is 0.447. The Labute approximate surface area is 147 Å². The zero-order valence-electron chi connectivity index (χ0n) is 12.8. The Morgan fingerprint density at radius 1 is 1.24 bits per heavy atom. The maximum absolute atomic E-state index is 10.8. The molecule has 0 fully saturated rings. The normalized spacial score (nSPS) is 10.4. The number of ether oxygens (including phenoxy) is 1. The number of carboxylic acids is 1. The maximum Gasteiger partial charge on any atom is 0.331 e. The molecule has 126 valence electrons. The average molecular weight is 358 g/mol. The highest BCUT2D eigenvalue weighted by Crippen LogP contribution is 2.24. The molecule has 3 aromatic rings. The Morgan fingerprint density at radius 3 is 2.64 bits per heavy atom. The lowest BCUT2D eigenvalue weighted by Crippen LogP contribution is -2.02. The summed E-state index contributed by atoms with van der Waals surface area (Å²) in [5, 5.41) is 13.2. The topological polar surface area (TPSA) is 98.3 Å². The Bertz CT molecular complexity index is 904. The number of rotatable bonds is 6. The number of aliphatic carboxylic acids is 1. The van der Waals surface area contributed by atoms with Crippen LogP contribution >= 0.6 is 11.6 Å². The third-order valence-electron chi connectivity index (χ3n) is 3.17. The molecule has 0 amide bonds. The van der Waals surface area contributed by atoms with Crippen LogP contribution in [0.4, 0.5) is 0 Å². The number of carboxylic acid groups (broad SMARTS) is 1. The van der Waals surface area contributed by atoms with Crippen molar-refractivity contribution in [3.63, 3.8) is 0 Å². The fraction of sp³-hybridized carbons (Fsp3) is 0.0588. The first-order valence-corrected chi connectivity index (χ1v) is 7.52. The molecule has 7 nitrogen and oxygen atoms in total. The van der Waals surface area contributed by atoms with Gasteiger partial charge in [-0.15, -0.1) is 0 Å². The van der Waals surface area contributed by atoms with E-state index in [9.17, 15) is 4.79 Å². The SMILES string of the molecule is C=C(Cc1nc(-c2ccc(Oc3ccc(Cl)cn3)cc2)no1)C(=O)O. The molecule has 1 aromatic carbocycles. The zero-order chi connectivity index (χ0) is 17.8. The molecular weight excluding hydrogens is 346 g/mol. The van der Waals surface area contributed by atoms with Crippen molar-refractivity contribution < 1.29 is 19.2 Å². The van der Waals surface area contributed by atoms with Crippen molar-refractivity contribution in [2.45, 2.75) is 6.42 Å². The van der Waals surface area contributed by atoms with Crippen LogP contribution < -0.4 is 4.74 Å². The van der Waals surface area contributed by atoms with Crippen LogP contribution in [-0.2, 0) is 11.2 Å². The Kier molecular flexibility index (Phi) is 4.76. The van der Waals surface area contributed by atoms with Crippen molar-refractivity contribution in [2.24, 2.45) is 0 Å². The lowest BCUT2D eigenvalue weighted by atomic mass is 10.2. The number of hydrogen-bond donors (Lipinski definition) is 1. The van der Waals surface area contributed by atoms with Crippen LogP contribution in [0.5, 0.6) is 11.6 Å². The largest absolute Gasteiger partial charge is 0.478 e. The summed E-state index contributed by atoms with van der Waals surface area (Å²) in [6, 6.07) is 10.3. The van der Waals surface area contributed by atoms with Gasteiger partial charge in [-0.2, -0.15) is 4.98 Å². The monoisotopic (exact) mass is 357 g/mol. The molecule has 8 heteroatoms. The highest BCUT2D eigenvalue weighted by Gasteiger charge is 2.13. The van der Waals surface area contributed by atoms with Crippen molar-refractivity contribution in [1.29, 1.82) is 0 Å². The number of pyridine rings is 1. The summed E-state index contributed by atoms with van der Waals surface area (Å²) in [6.07, 6.45) is 1.49. The molecule has 0 spiro atoms. The quantitative estimate of drug-likeness (QED) is 0.670. The Morgan fingerprint density at radius 2 is 2.00 bits per heavy atom. The summed E-state index contributed by atoms with van der Waals surface area (Å²) in [5.41, 5.74) is 0.682. The summed E-state index contributed by atoms with van der Waals surface area (Å²) >= 11 is 5.78. The summed E-state index contributed by atoms with van der Waals surface area (Å²) < 4.78 is 10.6. The summed E-state index contributed by atoms with van der Waals surface area (Å²) in [4.78, 5) is 19.0. The van der Waals surface area contributed by atoms with Gasteiger partial charge in [-0.3, -0.25) is 0 Å². The summed E-state index contributed by atoms with van der Waals surface area (Å²) in [6.45, 7) is 3.43. The summed E-state index contributed by atoms with van der Waals surface area (Å²) in [7, 11) is 0. The Balaban J connectivity index is 1.70. The number of hydrogen-bond acceptors (Lipinski definition) is 6. The molecule has 0 saturated heterocycles. The fourth-order valence-corrected chi connectivity index (χ4v) is 2.03. The first-order chi connectivity index (χ1) is 12.0. The molecule has 0 aliphatic carbocycles. The van der Waals surface area contributed by atoms with Crippen LogP contribution in [0.2, 0.25) is 5.02 Å². The first kappa shape index (κ1) is 16.7. The third-order valence-corrected chi connectivity index (χ3v) is 3.39. The lowest BCUT2D eigenvalue weighted by Gasteiger charge is -2.04. The Hall–Kier alpha value is -3.19. The molecule has 3 rings (SSSR count). The minimum absolute atomic E-state index is 0.00817. The van der Waals surface area contributed by atoms with Crippen molar-refractivity contribution in [3.8, 4) is 23.0 Å². The molecule has 0 unspecified atom stereocenters. The van der Waals surface area contributed by atoms with Gasteiger partial charge in [0.1, 0.15) is 5.75 Å². The van der Waals surface area contributed by atoms with E-state index in [4.69, 9.17) is 26.0 Å². The van der Waals surface area contributed by atoms with Gasteiger partial charge in [0.2, 0.25) is 17.6 Å². The van der Waals surface area contributed by atoms with Crippen LogP contribution in [0.15, 0.2) is 59.3 Å². The van der Waals surface area contributed by atoms with E-state index >= 15 is 0 Å². The van der Waals surface area contributed by atoms with E-state index in [-0.39, 0.29) is 17.9 Å². The van der Waals surface area contributed by atoms with E-state index in [1.54, 1.807) is 36.4 Å². The molecule has 1 N–H and O–H groups in total. The highest BCUT2D eigenvalue weighted by atomic mass is 35.5.